The van der Waals surface area contributed by atoms with Crippen molar-refractivity contribution in [2.24, 2.45) is 0 Å². The van der Waals surface area contributed by atoms with E-state index in [0.717, 1.165) is 5.56 Å². The molecule has 0 aliphatic rings. The molecule has 0 aliphatic heterocycles. The van der Waals surface area contributed by atoms with Gasteiger partial charge < -0.3 is 15.4 Å². The first kappa shape index (κ1) is 16.8. The fraction of sp³-hybridized carbons (Fsp3) is 0.188. The Morgan fingerprint density at radius 3 is 2.52 bits per heavy atom. The average molecular weight is 334 g/mol. The molecule has 1 unspecified atom stereocenters. The number of halogens is 1. The highest BCUT2D eigenvalue weighted by Gasteiger charge is 2.18. The first-order chi connectivity index (χ1) is 11.0. The van der Waals surface area contributed by atoms with E-state index < -0.39 is 11.8 Å². The number of carbonyl (C=O) groups excluding carboxylic acids is 2. The number of benzene rings is 1. The second-order valence-electron chi connectivity index (χ2n) is 4.78. The molecule has 0 fully saturated rings. The molecule has 1 aromatic carbocycles. The summed E-state index contributed by atoms with van der Waals surface area (Å²) in [5.41, 5.74) is 1.16. The van der Waals surface area contributed by atoms with E-state index in [1.807, 2.05) is 0 Å². The fourth-order valence-corrected chi connectivity index (χ4v) is 2.07. The van der Waals surface area contributed by atoms with Gasteiger partial charge in [-0.3, -0.25) is 14.6 Å². The molecule has 2 N–H and O–H groups in total. The van der Waals surface area contributed by atoms with Crippen molar-refractivity contribution in [3.05, 3.63) is 53.3 Å². The highest BCUT2D eigenvalue weighted by Crippen LogP contribution is 2.26. The van der Waals surface area contributed by atoms with Gasteiger partial charge in [0.25, 0.3) is 0 Å². The third-order valence-electron chi connectivity index (χ3n) is 3.18. The fourth-order valence-electron chi connectivity index (χ4n) is 1.90. The van der Waals surface area contributed by atoms with Gasteiger partial charge >= 0.3 is 11.8 Å². The summed E-state index contributed by atoms with van der Waals surface area (Å²) in [4.78, 5) is 27.9. The normalized spacial score (nSPS) is 11.4. The average Bonchev–Trinajstić information content (AvgIpc) is 2.57. The van der Waals surface area contributed by atoms with Crippen molar-refractivity contribution in [1.29, 1.82) is 0 Å². The molecule has 2 aromatic rings. The van der Waals surface area contributed by atoms with E-state index in [0.29, 0.717) is 16.5 Å². The minimum atomic E-state index is -0.805. The number of rotatable bonds is 4. The molecular formula is C16H16ClN3O3. The molecule has 0 aliphatic carbocycles. The van der Waals surface area contributed by atoms with Crippen LogP contribution in [0.5, 0.6) is 5.75 Å². The Morgan fingerprint density at radius 1 is 1.17 bits per heavy atom. The molecule has 1 heterocycles. The molecule has 1 atom stereocenters. The maximum atomic E-state index is 12.0. The Kier molecular flexibility index (Phi) is 5.54. The van der Waals surface area contributed by atoms with Crippen LogP contribution in [0, 0.1) is 0 Å². The van der Waals surface area contributed by atoms with E-state index in [-0.39, 0.29) is 6.04 Å². The largest absolute Gasteiger partial charge is 0.497 e. The van der Waals surface area contributed by atoms with Crippen LogP contribution >= 0.6 is 11.6 Å². The quantitative estimate of drug-likeness (QED) is 0.843. The van der Waals surface area contributed by atoms with Gasteiger partial charge in [-0.05, 0) is 36.8 Å². The van der Waals surface area contributed by atoms with Crippen LogP contribution in [0.15, 0.2) is 42.7 Å². The third-order valence-corrected chi connectivity index (χ3v) is 3.51. The molecule has 0 spiro atoms. The van der Waals surface area contributed by atoms with Crippen LogP contribution in [0.4, 0.5) is 5.69 Å². The predicted molar refractivity (Wildman–Crippen MR) is 87.4 cm³/mol. The number of anilines is 1. The SMILES string of the molecule is COc1ccc(Cl)c(NC(=O)C(=O)NC(C)c2ccncc2)c1. The van der Waals surface area contributed by atoms with Gasteiger partial charge in [0.05, 0.1) is 23.9 Å². The second-order valence-corrected chi connectivity index (χ2v) is 5.18. The first-order valence-electron chi connectivity index (χ1n) is 6.86. The number of carbonyl (C=O) groups is 2. The van der Waals surface area contributed by atoms with E-state index in [1.165, 1.54) is 7.11 Å². The molecule has 0 radical (unpaired) electrons. The van der Waals surface area contributed by atoms with Gasteiger partial charge in [-0.25, -0.2) is 0 Å². The number of hydrogen-bond donors (Lipinski definition) is 2. The standard InChI is InChI=1S/C16H16ClN3O3/c1-10(11-5-7-18-8-6-11)19-15(21)16(22)20-14-9-12(23-2)3-4-13(14)17/h3-10H,1-2H3,(H,19,21)(H,20,22). The Morgan fingerprint density at radius 2 is 1.87 bits per heavy atom. The molecular weight excluding hydrogens is 318 g/mol. The van der Waals surface area contributed by atoms with Gasteiger partial charge in [-0.2, -0.15) is 0 Å². The number of pyridine rings is 1. The number of ether oxygens (including phenoxy) is 1. The van der Waals surface area contributed by atoms with Crippen LogP contribution in [-0.2, 0) is 9.59 Å². The van der Waals surface area contributed by atoms with Gasteiger partial charge in [-0.15, -0.1) is 0 Å². The smallest absolute Gasteiger partial charge is 0.313 e. The topological polar surface area (TPSA) is 80.3 Å². The van der Waals surface area contributed by atoms with E-state index >= 15 is 0 Å². The Bertz CT molecular complexity index is 707. The van der Waals surface area contributed by atoms with E-state index in [1.54, 1.807) is 49.6 Å². The predicted octanol–water partition coefficient (Wildman–Crippen LogP) is 2.56. The van der Waals surface area contributed by atoms with Crippen LogP contribution in [0.1, 0.15) is 18.5 Å². The van der Waals surface area contributed by atoms with Crippen LogP contribution in [0.2, 0.25) is 5.02 Å². The number of nitrogens with one attached hydrogen (secondary N) is 2. The molecule has 0 saturated heterocycles. The van der Waals surface area contributed by atoms with Crippen LogP contribution < -0.4 is 15.4 Å². The summed E-state index contributed by atoms with van der Waals surface area (Å²) >= 11 is 5.99. The highest BCUT2D eigenvalue weighted by molar-refractivity contribution is 6.41. The summed E-state index contributed by atoms with van der Waals surface area (Å²) in [5, 5.41) is 5.39. The van der Waals surface area contributed by atoms with Crippen molar-refractivity contribution < 1.29 is 14.3 Å². The minimum Gasteiger partial charge on any atom is -0.497 e. The van der Waals surface area contributed by atoms with Crippen LogP contribution in [0.3, 0.4) is 0 Å². The molecule has 1 aromatic heterocycles. The van der Waals surface area contributed by atoms with Crippen molar-refractivity contribution in [3.63, 3.8) is 0 Å². The lowest BCUT2D eigenvalue weighted by Gasteiger charge is -2.14. The summed E-state index contributed by atoms with van der Waals surface area (Å²) in [5.74, 6) is -1.04. The van der Waals surface area contributed by atoms with Crippen LogP contribution in [0.25, 0.3) is 0 Å². The van der Waals surface area contributed by atoms with E-state index in [9.17, 15) is 9.59 Å². The van der Waals surface area contributed by atoms with Gasteiger partial charge in [0, 0.05) is 18.5 Å². The number of hydrogen-bond acceptors (Lipinski definition) is 4. The Hall–Kier alpha value is -2.60. The number of methoxy groups -OCH3 is 1. The summed E-state index contributed by atoms with van der Waals surface area (Å²) in [6, 6.07) is 7.98. The maximum absolute atomic E-state index is 12.0. The molecule has 0 saturated carbocycles. The lowest BCUT2D eigenvalue weighted by molar-refractivity contribution is -0.136. The third kappa shape index (κ3) is 4.43. The summed E-state index contributed by atoms with van der Waals surface area (Å²) in [6.07, 6.45) is 3.24. The number of nitrogens with zero attached hydrogens (tertiary/aromatic N) is 1. The molecule has 2 rings (SSSR count). The van der Waals surface area contributed by atoms with Gasteiger partial charge in [0.1, 0.15) is 5.75 Å². The van der Waals surface area contributed by atoms with Gasteiger partial charge in [-0.1, -0.05) is 11.6 Å². The lowest BCUT2D eigenvalue weighted by atomic mass is 10.1. The molecule has 6 nitrogen and oxygen atoms in total. The van der Waals surface area contributed by atoms with Gasteiger partial charge in [0.2, 0.25) is 0 Å². The zero-order chi connectivity index (χ0) is 16.8. The van der Waals surface area contributed by atoms with Crippen molar-refractivity contribution in [3.8, 4) is 5.75 Å². The Balaban J connectivity index is 2.02. The zero-order valence-electron chi connectivity index (χ0n) is 12.7. The molecule has 23 heavy (non-hydrogen) atoms. The summed E-state index contributed by atoms with van der Waals surface area (Å²) < 4.78 is 5.06. The van der Waals surface area contributed by atoms with Crippen LogP contribution in [-0.4, -0.2) is 23.9 Å². The maximum Gasteiger partial charge on any atom is 0.313 e. The lowest BCUT2D eigenvalue weighted by Crippen LogP contribution is -2.37. The van der Waals surface area contributed by atoms with Crippen molar-refractivity contribution in [2.75, 3.05) is 12.4 Å². The minimum absolute atomic E-state index is 0.308. The zero-order valence-corrected chi connectivity index (χ0v) is 13.4. The van der Waals surface area contributed by atoms with Crippen molar-refractivity contribution >= 4 is 29.1 Å². The second kappa shape index (κ2) is 7.60. The first-order valence-corrected chi connectivity index (χ1v) is 7.24. The monoisotopic (exact) mass is 333 g/mol. The number of aromatic nitrogens is 1. The van der Waals surface area contributed by atoms with E-state index in [4.69, 9.17) is 16.3 Å². The Labute approximate surface area is 138 Å². The molecule has 2 amide bonds. The highest BCUT2D eigenvalue weighted by atomic mass is 35.5. The number of amides is 2. The summed E-state index contributed by atoms with van der Waals surface area (Å²) in [7, 11) is 1.50. The molecule has 120 valence electrons. The van der Waals surface area contributed by atoms with Crippen molar-refractivity contribution in [1.82, 2.24) is 10.3 Å². The molecule has 0 bridgehead atoms. The van der Waals surface area contributed by atoms with Crippen molar-refractivity contribution in [2.45, 2.75) is 13.0 Å². The van der Waals surface area contributed by atoms with E-state index in [2.05, 4.69) is 15.6 Å². The summed E-state index contributed by atoms with van der Waals surface area (Å²) in [6.45, 7) is 1.78. The van der Waals surface area contributed by atoms with Gasteiger partial charge in [0.15, 0.2) is 0 Å². The molecule has 7 heteroatoms.